The fourth-order valence-electron chi connectivity index (χ4n) is 3.86. The number of nitrogens with zero attached hydrogens (tertiary/aromatic N) is 3. The van der Waals surface area contributed by atoms with Gasteiger partial charge in [-0.25, -0.2) is 0 Å². The van der Waals surface area contributed by atoms with E-state index in [0.717, 1.165) is 42.7 Å². The van der Waals surface area contributed by atoms with Crippen LogP contribution in [0.25, 0.3) is 0 Å². The van der Waals surface area contributed by atoms with E-state index in [-0.39, 0.29) is 0 Å². The number of methoxy groups -OCH3 is 2. The summed E-state index contributed by atoms with van der Waals surface area (Å²) in [7, 11) is 7.31. The van der Waals surface area contributed by atoms with Crippen LogP contribution < -0.4 is 20.1 Å². The van der Waals surface area contributed by atoms with Crippen molar-refractivity contribution >= 4 is 5.96 Å². The van der Waals surface area contributed by atoms with Crippen LogP contribution in [-0.2, 0) is 19.6 Å². The van der Waals surface area contributed by atoms with Gasteiger partial charge in [-0.15, -0.1) is 0 Å². The number of rotatable bonds is 8. The second-order valence-electron chi connectivity index (χ2n) is 8.21. The van der Waals surface area contributed by atoms with Gasteiger partial charge in [0.05, 0.1) is 14.2 Å². The molecule has 1 aliphatic rings. The number of likely N-dealkylation sites (N-methyl/N-ethyl adjacent to an activating group) is 1. The molecule has 32 heavy (non-hydrogen) atoms. The van der Waals surface area contributed by atoms with Gasteiger partial charge in [0.2, 0.25) is 0 Å². The SMILES string of the molecule is CN=C(NCc1ccc(CN2CCCN(C)CC2)cc1)NCc1ccc(OC)cc1OC. The number of nitrogens with one attached hydrogen (secondary N) is 2. The Labute approximate surface area is 192 Å². The van der Waals surface area contributed by atoms with Crippen LogP contribution in [0.3, 0.4) is 0 Å². The summed E-state index contributed by atoms with van der Waals surface area (Å²) < 4.78 is 10.7. The Morgan fingerprint density at radius 1 is 0.906 bits per heavy atom. The average Bonchev–Trinajstić information content (AvgIpc) is 3.03. The van der Waals surface area contributed by atoms with Gasteiger partial charge in [-0.3, -0.25) is 9.89 Å². The maximum Gasteiger partial charge on any atom is 0.191 e. The smallest absolute Gasteiger partial charge is 0.191 e. The number of benzene rings is 2. The minimum atomic E-state index is 0.608. The summed E-state index contributed by atoms with van der Waals surface area (Å²) in [4.78, 5) is 9.30. The molecule has 0 aliphatic carbocycles. The van der Waals surface area contributed by atoms with Crippen LogP contribution in [0.2, 0.25) is 0 Å². The number of guanidine groups is 1. The Bertz CT molecular complexity index is 869. The van der Waals surface area contributed by atoms with Crippen molar-refractivity contribution in [3.63, 3.8) is 0 Å². The molecule has 0 saturated carbocycles. The number of ether oxygens (including phenoxy) is 2. The van der Waals surface area contributed by atoms with Gasteiger partial charge >= 0.3 is 0 Å². The molecule has 0 unspecified atom stereocenters. The highest BCUT2D eigenvalue weighted by molar-refractivity contribution is 5.79. The summed E-state index contributed by atoms with van der Waals surface area (Å²) in [6, 6.07) is 14.7. The third-order valence-corrected chi connectivity index (χ3v) is 5.87. The molecule has 3 rings (SSSR count). The lowest BCUT2D eigenvalue weighted by atomic mass is 10.1. The molecule has 0 spiro atoms. The number of aliphatic imine (C=N–C) groups is 1. The first kappa shape index (κ1) is 23.9. The first-order valence-corrected chi connectivity index (χ1v) is 11.3. The zero-order valence-electron chi connectivity index (χ0n) is 19.9. The van der Waals surface area contributed by atoms with Crippen molar-refractivity contribution in [1.82, 2.24) is 20.4 Å². The van der Waals surface area contributed by atoms with Crippen LogP contribution in [0.15, 0.2) is 47.5 Å². The van der Waals surface area contributed by atoms with Crippen LogP contribution in [0.4, 0.5) is 0 Å². The lowest BCUT2D eigenvalue weighted by Crippen LogP contribution is -2.36. The first-order chi connectivity index (χ1) is 15.6. The predicted molar refractivity (Wildman–Crippen MR) is 130 cm³/mol. The lowest BCUT2D eigenvalue weighted by Gasteiger charge is -2.20. The molecule has 0 bridgehead atoms. The highest BCUT2D eigenvalue weighted by Gasteiger charge is 2.12. The Morgan fingerprint density at radius 2 is 1.66 bits per heavy atom. The summed E-state index contributed by atoms with van der Waals surface area (Å²) in [6.07, 6.45) is 1.24. The van der Waals surface area contributed by atoms with E-state index in [1.54, 1.807) is 21.3 Å². The monoisotopic (exact) mass is 439 g/mol. The molecule has 2 N–H and O–H groups in total. The molecule has 0 amide bonds. The van der Waals surface area contributed by atoms with Crippen LogP contribution in [-0.4, -0.2) is 70.3 Å². The van der Waals surface area contributed by atoms with Gasteiger partial charge < -0.3 is 25.0 Å². The second-order valence-corrected chi connectivity index (χ2v) is 8.21. The van der Waals surface area contributed by atoms with E-state index in [1.165, 1.54) is 30.6 Å². The molecule has 174 valence electrons. The Balaban J connectivity index is 1.47. The van der Waals surface area contributed by atoms with Crippen molar-refractivity contribution in [2.24, 2.45) is 4.99 Å². The normalized spacial score (nSPS) is 15.8. The minimum Gasteiger partial charge on any atom is -0.497 e. The standard InChI is InChI=1S/C25H37N5O2/c1-26-25(28-18-22-10-11-23(31-3)16-24(22)32-4)27-17-20-6-8-21(9-7-20)19-30-13-5-12-29(2)14-15-30/h6-11,16H,5,12-15,17-19H2,1-4H3,(H2,26,27,28). The summed E-state index contributed by atoms with van der Waals surface area (Å²) in [5, 5.41) is 6.74. The summed E-state index contributed by atoms with van der Waals surface area (Å²) in [5.74, 6) is 2.32. The number of hydrogen-bond acceptors (Lipinski definition) is 5. The molecule has 7 heteroatoms. The van der Waals surface area contributed by atoms with Crippen molar-refractivity contribution < 1.29 is 9.47 Å². The Kier molecular flexibility index (Phi) is 9.19. The molecule has 1 fully saturated rings. The first-order valence-electron chi connectivity index (χ1n) is 11.3. The summed E-state index contributed by atoms with van der Waals surface area (Å²) in [5.41, 5.74) is 3.64. The second kappa shape index (κ2) is 12.3. The molecule has 1 aliphatic heterocycles. The molecule has 0 atom stereocenters. The highest BCUT2D eigenvalue weighted by Crippen LogP contribution is 2.24. The van der Waals surface area contributed by atoms with Crippen LogP contribution >= 0.6 is 0 Å². The third kappa shape index (κ3) is 7.14. The fraction of sp³-hybridized carbons (Fsp3) is 0.480. The van der Waals surface area contributed by atoms with E-state index in [9.17, 15) is 0 Å². The average molecular weight is 440 g/mol. The molecule has 0 radical (unpaired) electrons. The quantitative estimate of drug-likeness (QED) is 0.487. The van der Waals surface area contributed by atoms with E-state index in [2.05, 4.69) is 56.7 Å². The van der Waals surface area contributed by atoms with Crippen molar-refractivity contribution in [1.29, 1.82) is 0 Å². The minimum absolute atomic E-state index is 0.608. The topological polar surface area (TPSA) is 61.4 Å². The molecule has 2 aromatic rings. The summed E-state index contributed by atoms with van der Waals surface area (Å²) in [6.45, 7) is 7.01. The van der Waals surface area contributed by atoms with E-state index in [0.29, 0.717) is 13.1 Å². The molecule has 0 aromatic heterocycles. The van der Waals surface area contributed by atoms with Crippen molar-refractivity contribution in [2.45, 2.75) is 26.1 Å². The van der Waals surface area contributed by atoms with Crippen molar-refractivity contribution in [3.8, 4) is 11.5 Å². The van der Waals surface area contributed by atoms with Crippen LogP contribution in [0.5, 0.6) is 11.5 Å². The largest absolute Gasteiger partial charge is 0.497 e. The van der Waals surface area contributed by atoms with E-state index in [1.807, 2.05) is 18.2 Å². The molecular formula is C25H37N5O2. The maximum atomic E-state index is 5.47. The number of hydrogen-bond donors (Lipinski definition) is 2. The van der Waals surface area contributed by atoms with Gasteiger partial charge in [-0.1, -0.05) is 24.3 Å². The molecule has 1 saturated heterocycles. The molecule has 1 heterocycles. The van der Waals surface area contributed by atoms with Crippen molar-refractivity contribution in [3.05, 3.63) is 59.2 Å². The van der Waals surface area contributed by atoms with Gasteiger partial charge in [0.25, 0.3) is 0 Å². The highest BCUT2D eigenvalue weighted by atomic mass is 16.5. The summed E-state index contributed by atoms with van der Waals surface area (Å²) >= 11 is 0. The van der Waals surface area contributed by atoms with Gasteiger partial charge in [-0.05, 0) is 49.8 Å². The van der Waals surface area contributed by atoms with E-state index < -0.39 is 0 Å². The molecular weight excluding hydrogens is 402 g/mol. The Hall–Kier alpha value is -2.77. The molecule has 2 aromatic carbocycles. The van der Waals surface area contributed by atoms with Gasteiger partial charge in [0.1, 0.15) is 11.5 Å². The molecule has 7 nitrogen and oxygen atoms in total. The maximum absolute atomic E-state index is 5.47. The third-order valence-electron chi connectivity index (χ3n) is 5.87. The van der Waals surface area contributed by atoms with E-state index >= 15 is 0 Å². The zero-order valence-corrected chi connectivity index (χ0v) is 19.9. The van der Waals surface area contributed by atoms with Gasteiger partial charge in [-0.2, -0.15) is 0 Å². The van der Waals surface area contributed by atoms with Gasteiger partial charge in [0, 0.05) is 51.4 Å². The van der Waals surface area contributed by atoms with Gasteiger partial charge in [0.15, 0.2) is 5.96 Å². The zero-order chi connectivity index (χ0) is 22.8. The van der Waals surface area contributed by atoms with Crippen molar-refractivity contribution in [2.75, 3.05) is 54.5 Å². The van der Waals surface area contributed by atoms with Crippen LogP contribution in [0.1, 0.15) is 23.1 Å². The lowest BCUT2D eigenvalue weighted by molar-refractivity contribution is 0.269. The van der Waals surface area contributed by atoms with Crippen LogP contribution in [0, 0.1) is 0 Å². The predicted octanol–water partition coefficient (Wildman–Crippen LogP) is 2.71. The Morgan fingerprint density at radius 3 is 2.38 bits per heavy atom. The fourth-order valence-corrected chi connectivity index (χ4v) is 3.86. The van der Waals surface area contributed by atoms with E-state index in [4.69, 9.17) is 9.47 Å².